The van der Waals surface area contributed by atoms with Crippen LogP contribution < -0.4 is 33.3 Å². The first-order chi connectivity index (χ1) is 47.4. The summed E-state index contributed by atoms with van der Waals surface area (Å²) in [6, 6.07) is 54.2. The minimum Gasteiger partial charge on any atom is -1.00 e. The molecule has 1 fully saturated rings. The minimum absolute atomic E-state index is 0. The zero-order valence-electron chi connectivity index (χ0n) is 60.5. The summed E-state index contributed by atoms with van der Waals surface area (Å²) >= 11 is 33.9. The van der Waals surface area contributed by atoms with Gasteiger partial charge >= 0.3 is 42.2 Å². The van der Waals surface area contributed by atoms with E-state index >= 15 is 0 Å². The number of amides is 1. The van der Waals surface area contributed by atoms with Crippen molar-refractivity contribution in [3.8, 4) is 0 Å². The second-order valence-electron chi connectivity index (χ2n) is 24.5. The van der Waals surface area contributed by atoms with E-state index in [0.717, 1.165) is 72.6 Å². The number of alkyl carbamates (subject to hydrolysis) is 1. The van der Waals surface area contributed by atoms with Crippen molar-refractivity contribution in [2.24, 2.45) is 7.05 Å². The number of aldehydes is 1. The molecule has 10 rings (SSSR count). The molecule has 0 radical (unpaired) electrons. The van der Waals surface area contributed by atoms with E-state index < -0.39 is 36.1 Å². The van der Waals surface area contributed by atoms with Crippen molar-refractivity contribution in [3.05, 3.63) is 302 Å². The van der Waals surface area contributed by atoms with Crippen LogP contribution in [0.4, 0.5) is 4.79 Å². The third kappa shape index (κ3) is 33.1. The van der Waals surface area contributed by atoms with E-state index in [1.165, 1.54) is 23.3 Å². The number of ketones is 1. The second-order valence-corrected chi connectivity index (χ2v) is 30.1. The fourth-order valence-electron chi connectivity index (χ4n) is 8.52. The molecule has 24 heteroatoms. The van der Waals surface area contributed by atoms with Gasteiger partial charge in [-0.15, -0.1) is 11.6 Å². The van der Waals surface area contributed by atoms with Gasteiger partial charge in [-0.3, -0.25) is 14.4 Å². The first kappa shape index (κ1) is 96.2. The van der Waals surface area contributed by atoms with Crippen LogP contribution in [-0.4, -0.2) is 93.0 Å². The third-order valence-electron chi connectivity index (χ3n) is 14.7. The number of rotatable bonds is 10. The van der Waals surface area contributed by atoms with E-state index in [1.807, 2.05) is 167 Å². The number of nitrogens with one attached hydrogen (secondary N) is 1. The monoisotopic (exact) mass is 1850 g/mol. The molecule has 0 bridgehead atoms. The topological polar surface area (TPSA) is 180 Å². The fourth-order valence-corrected chi connectivity index (χ4v) is 12.1. The Morgan fingerprint density at radius 2 is 1.07 bits per heavy atom. The summed E-state index contributed by atoms with van der Waals surface area (Å²) in [5.41, 5.74) is 10.5. The summed E-state index contributed by atoms with van der Waals surface area (Å²) in [5.74, 6) is -0.324. The molecule has 1 aromatic heterocycles. The predicted octanol–water partition coefficient (Wildman–Crippen LogP) is 18.0. The molecule has 546 valence electrons. The number of aryl methyl sites for hydroxylation is 6. The van der Waals surface area contributed by atoms with Gasteiger partial charge in [0.1, 0.15) is 11.7 Å². The molecule has 0 saturated carbocycles. The Morgan fingerprint density at radius 3 is 1.50 bits per heavy atom. The number of aliphatic hydroxyl groups excluding tert-OH is 2. The van der Waals surface area contributed by atoms with E-state index in [2.05, 4.69) is 95.8 Å². The molecular formula is C79H86BBr6Cl3MgN2O11. The maximum absolute atomic E-state index is 12.2. The predicted molar refractivity (Wildman–Crippen MR) is 435 cm³/mol. The molecule has 1 atom stereocenters. The van der Waals surface area contributed by atoms with E-state index in [-0.39, 0.29) is 70.5 Å². The number of pyridine rings is 1. The van der Waals surface area contributed by atoms with E-state index in [0.29, 0.717) is 43.3 Å². The molecular weight excluding hydrogens is 1770 g/mol. The van der Waals surface area contributed by atoms with Gasteiger partial charge in [-0.05, 0) is 228 Å². The van der Waals surface area contributed by atoms with Crippen LogP contribution >= 0.6 is 114 Å². The zero-order chi connectivity index (χ0) is 76.1. The summed E-state index contributed by atoms with van der Waals surface area (Å²) in [4.78, 5) is 57.6. The largest absolute Gasteiger partial charge is 2.00 e. The number of aliphatic hydroxyl groups is 2. The van der Waals surface area contributed by atoms with Gasteiger partial charge in [0.25, 0.3) is 5.56 Å². The number of hydrogen-bond donors (Lipinski definition) is 3. The first-order valence-electron chi connectivity index (χ1n) is 31.7. The van der Waals surface area contributed by atoms with Crippen molar-refractivity contribution >= 4 is 174 Å². The van der Waals surface area contributed by atoms with E-state index in [1.54, 1.807) is 107 Å². The number of esters is 1. The van der Waals surface area contributed by atoms with E-state index in [4.69, 9.17) is 54.0 Å². The van der Waals surface area contributed by atoms with Gasteiger partial charge < -0.3 is 55.9 Å². The second kappa shape index (κ2) is 47.1. The van der Waals surface area contributed by atoms with Crippen LogP contribution in [0.5, 0.6) is 0 Å². The molecule has 0 spiro atoms. The van der Waals surface area contributed by atoms with Gasteiger partial charge in [-0.25, -0.2) is 9.59 Å². The first-order valence-corrected chi connectivity index (χ1v) is 36.8. The van der Waals surface area contributed by atoms with E-state index in [9.17, 15) is 29.1 Å². The number of hydrogen-bond acceptors (Lipinski definition) is 11. The van der Waals surface area contributed by atoms with Crippen LogP contribution in [0.3, 0.4) is 0 Å². The molecule has 0 aliphatic carbocycles. The maximum atomic E-state index is 12.2. The fraction of sp³-hybridized carbons (Fsp3) is 0.278. The van der Waals surface area contributed by atoms with Gasteiger partial charge in [0, 0.05) is 80.4 Å². The Labute approximate surface area is 691 Å². The summed E-state index contributed by atoms with van der Waals surface area (Å²) in [5, 5.41) is 23.8. The standard InChI is InChI=1S/C18H29BN2O5.C14H12BrClO.C14H10BrClO.C9H9BrO2.C8H9BrO.C8H7BrO.C6H4Cl.C2H6.BrH.Mg/c1-16(2,3)24-15(23)20-10-12-9-14(22)21(8)11-13(12)19-25-17(4,5)18(6,7)26-19;2*1-9-2-7-12(13(15)8-9)14(17)10-3-5-11(16)6-4-10;1-6-3-4-7(8(10)5-6)9(11)12-2;2*1-6-2-3-7(5-10)8(9)4-6;7-6-4-2-1-3-5-6;1-2;;/h9,11H,10H2,1-8H3,(H,20,23);2-8,14,17H,1H3;2-8H,1H3;3-5H,1-2H3;2-4,10H,5H2,1H3;2-5H,1H3;2-5H;1-2H3;1H;/q;;;;;;-1;;;+2/p-1. The van der Waals surface area contributed by atoms with Crippen LogP contribution in [-0.2, 0) is 39.0 Å². The molecule has 8 aromatic carbocycles. The van der Waals surface area contributed by atoms with Crippen molar-refractivity contribution in [2.45, 2.75) is 133 Å². The number of carbonyl (C=O) groups is 4. The summed E-state index contributed by atoms with van der Waals surface area (Å²) < 4.78 is 27.8. The Hall–Kier alpha value is -4.79. The smallest absolute Gasteiger partial charge is 1.00 e. The number of aromatic nitrogens is 1. The molecule has 103 heavy (non-hydrogen) atoms. The van der Waals surface area contributed by atoms with Crippen LogP contribution in [0.2, 0.25) is 15.1 Å². The van der Waals surface area contributed by atoms with Crippen molar-refractivity contribution < 1.29 is 65.2 Å². The Bertz CT molecular complexity index is 4230. The number of benzene rings is 8. The van der Waals surface area contributed by atoms with Crippen LogP contribution in [0, 0.1) is 40.7 Å². The normalized spacial score (nSPS) is 12.1. The van der Waals surface area contributed by atoms with Crippen molar-refractivity contribution in [1.29, 1.82) is 0 Å². The van der Waals surface area contributed by atoms with Gasteiger partial charge in [-0.1, -0.05) is 166 Å². The van der Waals surface area contributed by atoms with Gasteiger partial charge in [-0.2, -0.15) is 30.3 Å². The molecule has 13 nitrogen and oxygen atoms in total. The SMILES string of the molecule is CC.COC(=O)c1ccc(C)cc1Br.Cc1ccc(C(=O)c2ccc(Cl)cc2)c(Br)c1.Cc1ccc(C(O)c2ccc(Cl)cc2)c(Br)c1.Cc1ccc(C=O)c(Br)c1.Cc1ccc(CO)c(Br)c1.Clc1cc[c-]cc1.Cn1cc(B2OC(C)(C)C(C)(C)O2)c(CNC(=O)OC(C)(C)C)cc1=O.[Br-].[Mg+2]. The molecule has 9 aromatic rings. The average Bonchev–Trinajstić information content (AvgIpc) is 1.62. The van der Waals surface area contributed by atoms with Crippen molar-refractivity contribution in [1.82, 2.24) is 9.88 Å². The third-order valence-corrected chi connectivity index (χ3v) is 18.8. The van der Waals surface area contributed by atoms with Crippen LogP contribution in [0.15, 0.2) is 203 Å². The molecule has 1 unspecified atom stereocenters. The Kier molecular flexibility index (Phi) is 44.0. The molecule has 2 heterocycles. The molecule has 1 amide bonds. The maximum Gasteiger partial charge on any atom is 2.00 e. The number of methoxy groups -OCH3 is 1. The molecule has 3 N–H and O–H groups in total. The zero-order valence-corrected chi connectivity index (χ0v) is 73.7. The van der Waals surface area contributed by atoms with Gasteiger partial charge in [0.05, 0.1) is 30.5 Å². The Balaban J connectivity index is 0.000000617. The van der Waals surface area contributed by atoms with Crippen LogP contribution in [0.25, 0.3) is 0 Å². The number of carbonyl (C=O) groups excluding carboxylic acids is 4. The van der Waals surface area contributed by atoms with Crippen molar-refractivity contribution in [2.75, 3.05) is 7.11 Å². The number of nitrogens with zero attached hydrogens (tertiary/aromatic N) is 1. The average molecular weight is 1860 g/mol. The summed E-state index contributed by atoms with van der Waals surface area (Å²) in [6.07, 6.45) is 1.35. The number of halogens is 9. The van der Waals surface area contributed by atoms with Crippen molar-refractivity contribution in [3.63, 3.8) is 0 Å². The summed E-state index contributed by atoms with van der Waals surface area (Å²) in [7, 11) is 2.42. The molecule has 1 aliphatic rings. The minimum atomic E-state index is -0.637. The van der Waals surface area contributed by atoms with Crippen LogP contribution in [0.1, 0.15) is 155 Å². The van der Waals surface area contributed by atoms with Gasteiger partial charge in [0.2, 0.25) is 0 Å². The molecule has 1 aliphatic heterocycles. The Morgan fingerprint density at radius 1 is 0.631 bits per heavy atom. The molecule has 1 saturated heterocycles. The quantitative estimate of drug-likeness (QED) is 0.0390. The summed E-state index contributed by atoms with van der Waals surface area (Å²) in [6.45, 7) is 27.5. The van der Waals surface area contributed by atoms with Gasteiger partial charge in [0.15, 0.2) is 12.1 Å². The number of ether oxygens (including phenoxy) is 2.